The third kappa shape index (κ3) is 32.0. The van der Waals surface area contributed by atoms with Gasteiger partial charge in [-0.15, -0.1) is 0 Å². The van der Waals surface area contributed by atoms with Crippen LogP contribution in [-0.4, -0.2) is 266 Å². The zero-order valence-electron chi connectivity index (χ0n) is 75.7. The number of aliphatic hydroxyl groups excluding tert-OH is 1. The quantitative estimate of drug-likeness (QED) is 0.0151. The molecule has 16 amide bonds. The molecule has 0 bridgehead atoms. The number of aliphatic carboxylic acids is 1. The van der Waals surface area contributed by atoms with Crippen molar-refractivity contribution in [3.8, 4) is 5.75 Å². The molecule has 8 rings (SSSR count). The predicted octanol–water partition coefficient (Wildman–Crippen LogP) is -1.68. The topological polar surface area (TPSA) is 641 Å². The fraction of sp³-hybridized carbons (Fsp3) is 0.489. The summed E-state index contributed by atoms with van der Waals surface area (Å²) in [6, 6.07) is 9.66. The lowest BCUT2D eigenvalue weighted by molar-refractivity contribution is -0.142. The first kappa shape index (κ1) is 106. The van der Waals surface area contributed by atoms with Gasteiger partial charge in [-0.25, -0.2) is 0 Å². The van der Waals surface area contributed by atoms with E-state index in [-0.39, 0.29) is 90.3 Å². The molecule has 43 heteroatoms. The van der Waals surface area contributed by atoms with Gasteiger partial charge in [-0.05, 0) is 124 Å². The van der Waals surface area contributed by atoms with Gasteiger partial charge in [0.1, 0.15) is 78.3 Å². The SMILES string of the molecule is CC(=O)NCCCC[C@H]1CN[C@H](C(=O)N[C@@H](Cc2ccc(OCCN)cc2)C(=O)N[C@@H](Cc2ccc3ccccc3c2)C(=O)NC2(C(=O)N[C@@H](CCC(=O)O)C(=O)N[C@@H](CC(N)=O)C(=O)N[C@@H](Cc3cccnc3)C(=O)N(C)CC(N)=O)CCOCC2)C(C)(C)SSC(C)(C)[C@H](NC(C)=O)C(=O)N[C@@H](CC(N)=O)C(=O)N[C@@H]([C@@H](C)O)C(=O)N[C@@H](Cc2c[nH]c3c(C)cccc23)C(=O)N1. The van der Waals surface area contributed by atoms with E-state index in [4.69, 9.17) is 32.4 Å². The van der Waals surface area contributed by atoms with Gasteiger partial charge in [0.05, 0.1) is 25.5 Å². The molecule has 0 radical (unpaired) electrons. The maximum Gasteiger partial charge on any atom is 0.303 e. The highest BCUT2D eigenvalue weighted by molar-refractivity contribution is 8.77. The number of primary amides is 3. The molecule has 4 heterocycles. The van der Waals surface area contributed by atoms with E-state index in [1.807, 2.05) is 31.2 Å². The number of aliphatic hydroxyl groups is 1. The second-order valence-corrected chi connectivity index (χ2v) is 37.7. The number of aromatic amines is 1. The largest absolute Gasteiger partial charge is 0.492 e. The third-order valence-electron chi connectivity index (χ3n) is 22.4. The number of carboxylic acid groups (broad SMARTS) is 1. The van der Waals surface area contributed by atoms with Crippen LogP contribution in [0.15, 0.2) is 116 Å². The summed E-state index contributed by atoms with van der Waals surface area (Å²) in [6.07, 6.45) is -1.32. The number of aromatic nitrogens is 2. The van der Waals surface area contributed by atoms with Gasteiger partial charge < -0.3 is 122 Å². The smallest absolute Gasteiger partial charge is 0.303 e. The number of aryl methyl sites for hydroxylation is 1. The van der Waals surface area contributed by atoms with Crippen molar-refractivity contribution in [3.63, 3.8) is 0 Å². The Balaban J connectivity index is 1.21. The molecule has 2 fully saturated rings. The van der Waals surface area contributed by atoms with E-state index < -0.39 is 214 Å². The number of carbonyl (C=O) groups excluding carboxylic acids is 16. The number of hydrogen-bond donors (Lipinski definition) is 20. The van der Waals surface area contributed by atoms with Crippen LogP contribution in [0.2, 0.25) is 0 Å². The molecule has 0 unspecified atom stereocenters. The molecule has 12 atom stereocenters. The second kappa shape index (κ2) is 49.6. The third-order valence-corrected chi connectivity index (χ3v) is 26.7. The van der Waals surface area contributed by atoms with Crippen molar-refractivity contribution in [1.82, 2.24) is 84.0 Å². The molecule has 24 N–H and O–H groups in total. The Kier molecular flexibility index (Phi) is 39.3. The lowest BCUT2D eigenvalue weighted by atomic mass is 9.87. The molecule has 0 saturated carbocycles. The Labute approximate surface area is 776 Å². The summed E-state index contributed by atoms with van der Waals surface area (Å²) in [5, 5.41) is 59.2. The molecule has 2 saturated heterocycles. The number of nitrogens with two attached hydrogens (primary N) is 4. The lowest BCUT2D eigenvalue weighted by Crippen LogP contribution is -2.67. The summed E-state index contributed by atoms with van der Waals surface area (Å²) in [7, 11) is 3.28. The van der Waals surface area contributed by atoms with Crippen LogP contribution in [0.3, 0.4) is 0 Å². The summed E-state index contributed by atoms with van der Waals surface area (Å²) in [6.45, 7) is 11.2. The van der Waals surface area contributed by atoms with Crippen LogP contribution in [0.5, 0.6) is 5.75 Å². The standard InChI is InChI=1S/C90H122N20O21S2/c1-49-16-14-21-61-58(46-97-73(49)61)42-65-78(120)100-59(20-12-13-34-96-51(3)112)47-98-75(88(5,6)132-133-89(7,8)76(99-52(4)113)85(127)105-67(44-70(93)115)81(123)108-74(50(2)111)83(125)103-65)84(126)104-63(39-53-23-26-60(27-24-53)131-37-32-91)79(121)101-64(40-54-22-25-56-18-10-11-19-57(56)38-54)82(124)109-90(30-35-130-36-31-90)87(129)107-62(28-29-72(117)118)77(119)102-66(43-69(92)114)80(122)106-68(41-55-17-15-33-95-45-55)86(128)110(9)48-71(94)116/h10-11,14-19,21-27,33,38,45-46,50,59,62-68,74-76,97-98,111H,12-13,20,28-32,34-37,39-44,47-48,91H2,1-9H3,(H2,92,114)(H2,93,115)(H2,94,116)(H,96,112)(H,99,113)(H,100,120)(H,101,121)(H,102,119)(H,103,125)(H,104,126)(H,105,127)(H,106,122)(H,107,129)(H,108,123)(H,109,124)(H,117,118)/t50-,59+,62+,63+,64+,65+,66+,67+,68+,74+,75-,76-/m1/s1. The number of ether oxygens (including phenoxy) is 2. The van der Waals surface area contributed by atoms with E-state index in [0.717, 1.165) is 44.4 Å². The van der Waals surface area contributed by atoms with Gasteiger partial charge in [-0.2, -0.15) is 0 Å². The van der Waals surface area contributed by atoms with Gasteiger partial charge in [-0.3, -0.25) is 86.5 Å². The molecule has 0 aliphatic carbocycles. The Bertz CT molecular complexity index is 5170. The number of rotatable bonds is 40. The van der Waals surface area contributed by atoms with Gasteiger partial charge in [0.2, 0.25) is 94.5 Å². The Morgan fingerprint density at radius 1 is 0.654 bits per heavy atom. The number of carboxylic acids is 1. The molecule has 0 spiro atoms. The minimum atomic E-state index is -2.07. The molecule has 2 aromatic heterocycles. The number of likely N-dealkylation sites (N-methyl/N-ethyl adjacent to an activating group) is 1. The fourth-order valence-corrected chi connectivity index (χ4v) is 18.1. The first-order valence-corrected chi connectivity index (χ1v) is 45.7. The number of fused-ring (bicyclic) bond motifs is 2. The van der Waals surface area contributed by atoms with Crippen LogP contribution in [0.1, 0.15) is 134 Å². The summed E-state index contributed by atoms with van der Waals surface area (Å²) >= 11 is 0. The molecule has 41 nitrogen and oxygen atoms in total. The average Bonchev–Trinajstić information content (AvgIpc) is 1.77. The average molecular weight is 1880 g/mol. The van der Waals surface area contributed by atoms with Crippen LogP contribution in [0.4, 0.5) is 0 Å². The number of benzene rings is 4. The maximum atomic E-state index is 16.4. The van der Waals surface area contributed by atoms with Crippen LogP contribution in [0.25, 0.3) is 21.7 Å². The summed E-state index contributed by atoms with van der Waals surface area (Å²) in [5.74, 6) is -16.5. The van der Waals surface area contributed by atoms with E-state index in [9.17, 15) is 67.7 Å². The minimum absolute atomic E-state index is 0.126. The number of pyridine rings is 1. The highest BCUT2D eigenvalue weighted by Gasteiger charge is 2.48. The van der Waals surface area contributed by atoms with Gasteiger partial charge in [0.15, 0.2) is 0 Å². The summed E-state index contributed by atoms with van der Waals surface area (Å²) in [4.78, 5) is 250. The number of para-hydroxylation sites is 1. The van der Waals surface area contributed by atoms with Crippen molar-refractivity contribution in [2.45, 2.75) is 226 Å². The van der Waals surface area contributed by atoms with Gasteiger partial charge in [0.25, 0.3) is 0 Å². The Morgan fingerprint density at radius 2 is 1.29 bits per heavy atom. The zero-order chi connectivity index (χ0) is 97.6. The minimum Gasteiger partial charge on any atom is -0.492 e. The van der Waals surface area contributed by atoms with Crippen molar-refractivity contribution in [3.05, 3.63) is 143 Å². The number of H-pyrrole nitrogens is 1. The van der Waals surface area contributed by atoms with E-state index in [0.29, 0.717) is 57.1 Å². The molecule has 133 heavy (non-hydrogen) atoms. The summed E-state index contributed by atoms with van der Waals surface area (Å²) in [5.41, 5.74) is 23.9. The van der Waals surface area contributed by atoms with E-state index in [2.05, 4.69) is 79.1 Å². The first-order chi connectivity index (χ1) is 62.9. The van der Waals surface area contributed by atoms with Gasteiger partial charge >= 0.3 is 5.97 Å². The van der Waals surface area contributed by atoms with Crippen molar-refractivity contribution in [2.24, 2.45) is 22.9 Å². The number of nitrogens with one attached hydrogen (secondary N) is 14. The van der Waals surface area contributed by atoms with Crippen molar-refractivity contribution in [1.29, 1.82) is 0 Å². The highest BCUT2D eigenvalue weighted by atomic mass is 33.1. The van der Waals surface area contributed by atoms with Crippen molar-refractivity contribution in [2.75, 3.05) is 53.0 Å². The van der Waals surface area contributed by atoms with Crippen molar-refractivity contribution >= 4 is 144 Å². The molecular weight excluding hydrogens is 1760 g/mol. The molecular formula is C90H122N20O21S2. The molecule has 4 aromatic carbocycles. The van der Waals surface area contributed by atoms with E-state index in [1.165, 1.54) is 33.3 Å². The molecule has 6 aromatic rings. The highest BCUT2D eigenvalue weighted by Crippen LogP contribution is 2.47. The van der Waals surface area contributed by atoms with Gasteiger partial charge in [0, 0.05) is 144 Å². The van der Waals surface area contributed by atoms with Crippen LogP contribution in [0, 0.1) is 6.92 Å². The molecule has 720 valence electrons. The normalized spacial score (nSPS) is 19.6. The van der Waals surface area contributed by atoms with E-state index >= 15 is 24.0 Å². The van der Waals surface area contributed by atoms with E-state index in [1.54, 1.807) is 107 Å². The van der Waals surface area contributed by atoms with Crippen LogP contribution >= 0.6 is 21.6 Å². The maximum absolute atomic E-state index is 16.4. The summed E-state index contributed by atoms with van der Waals surface area (Å²) < 4.78 is 8.62. The molecule has 2 aliphatic heterocycles. The Hall–Kier alpha value is -12.8. The monoisotopic (exact) mass is 1880 g/mol. The predicted molar refractivity (Wildman–Crippen MR) is 494 cm³/mol. The van der Waals surface area contributed by atoms with Crippen LogP contribution < -0.4 is 96.8 Å². The zero-order valence-corrected chi connectivity index (χ0v) is 77.3. The number of carbonyl (C=O) groups is 17. The fourth-order valence-electron chi connectivity index (χ4n) is 15.3. The van der Waals surface area contributed by atoms with Crippen molar-refractivity contribution < 1.29 is 101 Å². The number of amides is 16. The number of nitrogens with zero attached hydrogens (tertiary/aromatic N) is 2. The number of hydrogen-bond acceptors (Lipinski definition) is 25. The second-order valence-electron chi connectivity index (χ2n) is 34.2. The number of unbranched alkanes of at least 4 members (excludes halogenated alkanes) is 1. The Morgan fingerprint density at radius 3 is 1.93 bits per heavy atom. The lowest BCUT2D eigenvalue weighted by Gasteiger charge is -2.39. The molecule has 2 aliphatic rings. The van der Waals surface area contributed by atoms with Gasteiger partial charge in [-0.1, -0.05) is 100 Å². The first-order valence-electron chi connectivity index (χ1n) is 43.5. The van der Waals surface area contributed by atoms with Crippen LogP contribution in [-0.2, 0) is 112 Å².